The van der Waals surface area contributed by atoms with Crippen LogP contribution in [0, 0.1) is 0 Å². The van der Waals surface area contributed by atoms with Gasteiger partial charge in [0.25, 0.3) is 5.91 Å². The van der Waals surface area contributed by atoms with Gasteiger partial charge < -0.3 is 14.8 Å². The van der Waals surface area contributed by atoms with Crippen LogP contribution in [-0.2, 0) is 4.74 Å². The molecule has 0 spiro atoms. The molecule has 0 radical (unpaired) electrons. The van der Waals surface area contributed by atoms with Gasteiger partial charge in [0.15, 0.2) is 0 Å². The second-order valence-electron chi connectivity index (χ2n) is 5.19. The lowest BCUT2D eigenvalue weighted by molar-refractivity contribution is 0.0378. The van der Waals surface area contributed by atoms with Crippen molar-refractivity contribution in [1.82, 2.24) is 0 Å². The molecule has 120 valence electrons. The summed E-state index contributed by atoms with van der Waals surface area (Å²) in [5, 5.41) is 2.77. The molecule has 0 atom stereocenters. The SMILES string of the molecule is COc1ccccc1C(=O)Nc1ccc(C(=O)OC(C)C)cc1. The summed E-state index contributed by atoms with van der Waals surface area (Å²) in [6.45, 7) is 3.58. The first-order chi connectivity index (χ1) is 11.0. The van der Waals surface area contributed by atoms with Crippen molar-refractivity contribution in [3.8, 4) is 5.75 Å². The Hall–Kier alpha value is -2.82. The average molecular weight is 313 g/mol. The number of hydrogen-bond acceptors (Lipinski definition) is 4. The average Bonchev–Trinajstić information content (AvgIpc) is 2.54. The third-order valence-electron chi connectivity index (χ3n) is 3.07. The summed E-state index contributed by atoms with van der Waals surface area (Å²) in [7, 11) is 1.52. The van der Waals surface area contributed by atoms with Gasteiger partial charge in [-0.3, -0.25) is 4.79 Å². The molecule has 0 aliphatic heterocycles. The summed E-state index contributed by atoms with van der Waals surface area (Å²) in [6.07, 6.45) is -0.174. The van der Waals surface area contributed by atoms with Crippen molar-refractivity contribution in [2.75, 3.05) is 12.4 Å². The molecule has 1 amide bonds. The van der Waals surface area contributed by atoms with Gasteiger partial charge in [-0.2, -0.15) is 0 Å². The molecule has 5 nitrogen and oxygen atoms in total. The summed E-state index contributed by atoms with van der Waals surface area (Å²) < 4.78 is 10.3. The second-order valence-corrected chi connectivity index (χ2v) is 5.19. The number of para-hydroxylation sites is 1. The highest BCUT2D eigenvalue weighted by Crippen LogP contribution is 2.19. The van der Waals surface area contributed by atoms with Crippen molar-refractivity contribution < 1.29 is 19.1 Å². The van der Waals surface area contributed by atoms with E-state index in [1.807, 2.05) is 0 Å². The third-order valence-corrected chi connectivity index (χ3v) is 3.07. The maximum atomic E-state index is 12.3. The van der Waals surface area contributed by atoms with E-state index in [9.17, 15) is 9.59 Å². The molecule has 0 aliphatic carbocycles. The first-order valence-electron chi connectivity index (χ1n) is 7.26. The molecule has 2 aromatic rings. The van der Waals surface area contributed by atoms with Crippen LogP contribution >= 0.6 is 0 Å². The van der Waals surface area contributed by atoms with Gasteiger partial charge in [0.2, 0.25) is 0 Å². The number of ether oxygens (including phenoxy) is 2. The highest BCUT2D eigenvalue weighted by Gasteiger charge is 2.13. The number of esters is 1. The maximum absolute atomic E-state index is 12.3. The Morgan fingerprint density at radius 3 is 2.26 bits per heavy atom. The van der Waals surface area contributed by atoms with Crippen LogP contribution in [-0.4, -0.2) is 25.1 Å². The number of benzene rings is 2. The highest BCUT2D eigenvalue weighted by atomic mass is 16.5. The molecule has 0 fully saturated rings. The molecule has 0 heterocycles. The second kappa shape index (κ2) is 7.45. The summed E-state index contributed by atoms with van der Waals surface area (Å²) in [5.74, 6) is -0.162. The van der Waals surface area contributed by atoms with Crippen molar-refractivity contribution in [2.24, 2.45) is 0 Å². The number of methoxy groups -OCH3 is 1. The van der Waals surface area contributed by atoms with E-state index in [2.05, 4.69) is 5.32 Å². The molecular weight excluding hydrogens is 294 g/mol. The van der Waals surface area contributed by atoms with Crippen LogP contribution in [0.5, 0.6) is 5.75 Å². The molecule has 2 aromatic carbocycles. The molecule has 0 bridgehead atoms. The Morgan fingerprint density at radius 2 is 1.65 bits per heavy atom. The number of anilines is 1. The van der Waals surface area contributed by atoms with Gasteiger partial charge in [-0.25, -0.2) is 4.79 Å². The largest absolute Gasteiger partial charge is 0.496 e. The quantitative estimate of drug-likeness (QED) is 0.858. The van der Waals surface area contributed by atoms with Gasteiger partial charge in [0.05, 0.1) is 24.3 Å². The fourth-order valence-electron chi connectivity index (χ4n) is 2.00. The zero-order valence-electron chi connectivity index (χ0n) is 13.3. The van der Waals surface area contributed by atoms with Crippen LogP contribution in [0.4, 0.5) is 5.69 Å². The number of hydrogen-bond donors (Lipinski definition) is 1. The molecule has 0 saturated carbocycles. The normalized spacial score (nSPS) is 10.3. The standard InChI is InChI=1S/C18H19NO4/c1-12(2)23-18(21)13-8-10-14(11-9-13)19-17(20)15-6-4-5-7-16(15)22-3/h4-12H,1-3H3,(H,19,20). The van der Waals surface area contributed by atoms with E-state index in [0.29, 0.717) is 22.6 Å². The van der Waals surface area contributed by atoms with Crippen LogP contribution < -0.4 is 10.1 Å². The van der Waals surface area contributed by atoms with Crippen molar-refractivity contribution in [3.63, 3.8) is 0 Å². The molecule has 2 rings (SSSR count). The minimum absolute atomic E-state index is 0.174. The van der Waals surface area contributed by atoms with Gasteiger partial charge in [-0.1, -0.05) is 12.1 Å². The summed E-state index contributed by atoms with van der Waals surface area (Å²) in [5.41, 5.74) is 1.47. The molecule has 1 N–H and O–H groups in total. The van der Waals surface area contributed by atoms with Gasteiger partial charge in [-0.05, 0) is 50.2 Å². The topological polar surface area (TPSA) is 64.6 Å². The smallest absolute Gasteiger partial charge is 0.338 e. The van der Waals surface area contributed by atoms with Crippen LogP contribution in [0.3, 0.4) is 0 Å². The number of carbonyl (C=O) groups is 2. The van der Waals surface area contributed by atoms with Crippen LogP contribution in [0.15, 0.2) is 48.5 Å². The van der Waals surface area contributed by atoms with Crippen molar-refractivity contribution >= 4 is 17.6 Å². The lowest BCUT2D eigenvalue weighted by Crippen LogP contribution is -2.14. The number of carbonyl (C=O) groups excluding carboxylic acids is 2. The zero-order chi connectivity index (χ0) is 16.8. The Bertz CT molecular complexity index is 692. The zero-order valence-corrected chi connectivity index (χ0v) is 13.3. The third kappa shape index (κ3) is 4.32. The Morgan fingerprint density at radius 1 is 1.00 bits per heavy atom. The van der Waals surface area contributed by atoms with Crippen molar-refractivity contribution in [2.45, 2.75) is 20.0 Å². The van der Waals surface area contributed by atoms with Gasteiger partial charge in [0.1, 0.15) is 5.75 Å². The summed E-state index contributed by atoms with van der Waals surface area (Å²) in [6, 6.07) is 13.5. The fourth-order valence-corrected chi connectivity index (χ4v) is 2.00. The molecule has 0 saturated heterocycles. The maximum Gasteiger partial charge on any atom is 0.338 e. The first-order valence-corrected chi connectivity index (χ1v) is 7.26. The van der Waals surface area contributed by atoms with E-state index in [0.717, 1.165) is 0 Å². The predicted molar refractivity (Wildman–Crippen MR) is 87.9 cm³/mol. The van der Waals surface area contributed by atoms with E-state index >= 15 is 0 Å². The molecule has 23 heavy (non-hydrogen) atoms. The van der Waals surface area contributed by atoms with Crippen LogP contribution in [0.1, 0.15) is 34.6 Å². The Labute approximate surface area is 135 Å². The van der Waals surface area contributed by atoms with E-state index < -0.39 is 0 Å². The number of rotatable bonds is 5. The summed E-state index contributed by atoms with van der Waals surface area (Å²) >= 11 is 0. The Balaban J connectivity index is 2.09. The van der Waals surface area contributed by atoms with Gasteiger partial charge in [0, 0.05) is 5.69 Å². The monoisotopic (exact) mass is 313 g/mol. The van der Waals surface area contributed by atoms with E-state index in [-0.39, 0.29) is 18.0 Å². The van der Waals surface area contributed by atoms with Crippen molar-refractivity contribution in [1.29, 1.82) is 0 Å². The van der Waals surface area contributed by atoms with Crippen LogP contribution in [0.2, 0.25) is 0 Å². The lowest BCUT2D eigenvalue weighted by Gasteiger charge is -2.10. The fraction of sp³-hybridized carbons (Fsp3) is 0.222. The van der Waals surface area contributed by atoms with Gasteiger partial charge in [-0.15, -0.1) is 0 Å². The van der Waals surface area contributed by atoms with E-state index in [1.54, 1.807) is 62.4 Å². The molecule has 0 aromatic heterocycles. The van der Waals surface area contributed by atoms with Crippen molar-refractivity contribution in [3.05, 3.63) is 59.7 Å². The molecule has 0 aliphatic rings. The lowest BCUT2D eigenvalue weighted by atomic mass is 10.1. The molecule has 0 unspecified atom stereocenters. The minimum Gasteiger partial charge on any atom is -0.496 e. The van der Waals surface area contributed by atoms with Crippen LogP contribution in [0.25, 0.3) is 0 Å². The highest BCUT2D eigenvalue weighted by molar-refractivity contribution is 6.06. The summed E-state index contributed by atoms with van der Waals surface area (Å²) in [4.78, 5) is 24.0. The molecular formula is C18H19NO4. The minimum atomic E-state index is -0.386. The first kappa shape index (κ1) is 16.5. The Kier molecular flexibility index (Phi) is 5.36. The number of nitrogens with one attached hydrogen (secondary N) is 1. The van der Waals surface area contributed by atoms with E-state index in [4.69, 9.17) is 9.47 Å². The molecule has 5 heteroatoms. The predicted octanol–water partition coefficient (Wildman–Crippen LogP) is 3.51. The van der Waals surface area contributed by atoms with E-state index in [1.165, 1.54) is 7.11 Å². The van der Waals surface area contributed by atoms with Gasteiger partial charge >= 0.3 is 5.97 Å². The number of amides is 1.